The van der Waals surface area contributed by atoms with Crippen LogP contribution in [-0.2, 0) is 16.6 Å². The van der Waals surface area contributed by atoms with Gasteiger partial charge in [-0.05, 0) is 34.1 Å². The number of imidazole rings is 1. The molecule has 1 atom stereocenters. The van der Waals surface area contributed by atoms with Gasteiger partial charge in [-0.3, -0.25) is 0 Å². The molecule has 1 unspecified atom stereocenters. The van der Waals surface area contributed by atoms with Crippen molar-refractivity contribution in [1.29, 1.82) is 0 Å². The zero-order valence-electron chi connectivity index (χ0n) is 12.3. The van der Waals surface area contributed by atoms with Gasteiger partial charge in [-0.15, -0.1) is 0 Å². The van der Waals surface area contributed by atoms with Crippen molar-refractivity contribution in [3.63, 3.8) is 0 Å². The second-order valence-electron chi connectivity index (χ2n) is 5.44. The molecule has 1 heterocycles. The van der Waals surface area contributed by atoms with E-state index in [4.69, 9.17) is 5.73 Å². The normalized spacial score (nSPS) is 14.6. The van der Waals surface area contributed by atoms with Gasteiger partial charge in [-0.25, -0.2) is 18.1 Å². The maximum atomic E-state index is 12.3. The quantitative estimate of drug-likeness (QED) is 0.817. The molecule has 0 aliphatic rings. The van der Waals surface area contributed by atoms with Gasteiger partial charge >= 0.3 is 0 Å². The Labute approximate surface area is 115 Å². The van der Waals surface area contributed by atoms with Crippen molar-refractivity contribution in [3.05, 3.63) is 12.0 Å². The van der Waals surface area contributed by atoms with Crippen molar-refractivity contribution in [2.45, 2.75) is 64.2 Å². The SMILES string of the molecule is CCCn1cc(S(=O)(=O)NC(C)(C)C(C)N)nc1C. The second-order valence-corrected chi connectivity index (χ2v) is 7.06. The van der Waals surface area contributed by atoms with Gasteiger partial charge in [0.25, 0.3) is 10.0 Å². The fourth-order valence-corrected chi connectivity index (χ4v) is 3.07. The Bertz CT molecular complexity index is 532. The van der Waals surface area contributed by atoms with Crippen molar-refractivity contribution in [1.82, 2.24) is 14.3 Å². The minimum absolute atomic E-state index is 0.0483. The molecule has 19 heavy (non-hydrogen) atoms. The highest BCUT2D eigenvalue weighted by atomic mass is 32.2. The number of rotatable bonds is 6. The fourth-order valence-electron chi connectivity index (χ4n) is 1.57. The molecule has 6 nitrogen and oxygen atoms in total. The number of nitrogens with one attached hydrogen (secondary N) is 1. The van der Waals surface area contributed by atoms with Gasteiger partial charge in [0, 0.05) is 24.3 Å². The van der Waals surface area contributed by atoms with E-state index >= 15 is 0 Å². The number of aromatic nitrogens is 2. The maximum absolute atomic E-state index is 12.3. The summed E-state index contributed by atoms with van der Waals surface area (Å²) in [6.07, 6.45) is 2.49. The number of nitrogens with two attached hydrogens (primary N) is 1. The van der Waals surface area contributed by atoms with Crippen LogP contribution in [0.25, 0.3) is 0 Å². The topological polar surface area (TPSA) is 90.0 Å². The lowest BCUT2D eigenvalue weighted by Gasteiger charge is -2.29. The molecule has 1 rings (SSSR count). The van der Waals surface area contributed by atoms with Crippen LogP contribution in [0.15, 0.2) is 11.2 Å². The van der Waals surface area contributed by atoms with Gasteiger partial charge in [-0.1, -0.05) is 6.92 Å². The summed E-state index contributed by atoms with van der Waals surface area (Å²) in [7, 11) is -3.64. The molecule has 0 bridgehead atoms. The number of nitrogens with zero attached hydrogens (tertiary/aromatic N) is 2. The summed E-state index contributed by atoms with van der Waals surface area (Å²) < 4.78 is 29.0. The molecule has 0 aliphatic heterocycles. The van der Waals surface area contributed by atoms with Crippen LogP contribution in [0, 0.1) is 6.92 Å². The molecule has 0 aromatic carbocycles. The predicted octanol–water partition coefficient (Wildman–Crippen LogP) is 1.01. The number of aryl methyl sites for hydroxylation is 2. The molecular weight excluding hydrogens is 264 g/mol. The first-order valence-electron chi connectivity index (χ1n) is 6.43. The van der Waals surface area contributed by atoms with E-state index in [-0.39, 0.29) is 11.1 Å². The van der Waals surface area contributed by atoms with Gasteiger partial charge in [-0.2, -0.15) is 0 Å². The van der Waals surface area contributed by atoms with Gasteiger partial charge in [0.2, 0.25) is 0 Å². The fraction of sp³-hybridized carbons (Fsp3) is 0.750. The highest BCUT2D eigenvalue weighted by Crippen LogP contribution is 2.15. The minimum Gasteiger partial charge on any atom is -0.334 e. The van der Waals surface area contributed by atoms with Crippen molar-refractivity contribution >= 4 is 10.0 Å². The van der Waals surface area contributed by atoms with E-state index in [9.17, 15) is 8.42 Å². The summed E-state index contributed by atoms with van der Waals surface area (Å²) in [4.78, 5) is 4.12. The van der Waals surface area contributed by atoms with Gasteiger partial charge in [0.05, 0.1) is 0 Å². The van der Waals surface area contributed by atoms with Crippen molar-refractivity contribution < 1.29 is 8.42 Å². The van der Waals surface area contributed by atoms with Crippen LogP contribution in [0.5, 0.6) is 0 Å². The van der Waals surface area contributed by atoms with Gasteiger partial charge in [0.15, 0.2) is 5.03 Å². The predicted molar refractivity (Wildman–Crippen MR) is 75.3 cm³/mol. The van der Waals surface area contributed by atoms with E-state index < -0.39 is 15.6 Å². The summed E-state index contributed by atoms with van der Waals surface area (Å²) in [5.74, 6) is 0.695. The standard InChI is InChI=1S/C12H24N4O2S/c1-6-7-16-8-11(14-10(16)3)19(17,18)15-12(4,5)9(2)13/h8-9,15H,6-7,13H2,1-5H3. The number of hydrogen-bond acceptors (Lipinski definition) is 4. The highest BCUT2D eigenvalue weighted by Gasteiger charge is 2.31. The van der Waals surface area contributed by atoms with Crippen LogP contribution in [0.2, 0.25) is 0 Å². The molecule has 0 saturated carbocycles. The Kier molecular flexibility index (Phi) is 4.76. The molecule has 110 valence electrons. The molecule has 0 aliphatic carbocycles. The number of hydrogen-bond donors (Lipinski definition) is 2. The zero-order chi connectivity index (χ0) is 14.8. The minimum atomic E-state index is -3.64. The average Bonchev–Trinajstić information content (AvgIpc) is 2.60. The van der Waals surface area contributed by atoms with Crippen LogP contribution < -0.4 is 10.5 Å². The van der Waals surface area contributed by atoms with Gasteiger partial charge < -0.3 is 10.3 Å². The molecule has 3 N–H and O–H groups in total. The molecular formula is C12H24N4O2S. The lowest BCUT2D eigenvalue weighted by Crippen LogP contribution is -2.54. The lowest BCUT2D eigenvalue weighted by atomic mass is 9.99. The Morgan fingerprint density at radius 1 is 1.53 bits per heavy atom. The molecule has 1 aromatic rings. The maximum Gasteiger partial charge on any atom is 0.260 e. The van der Waals surface area contributed by atoms with Gasteiger partial charge in [0.1, 0.15) is 5.82 Å². The van der Waals surface area contributed by atoms with Crippen molar-refractivity contribution in [3.8, 4) is 0 Å². The monoisotopic (exact) mass is 288 g/mol. The Balaban J connectivity index is 3.04. The van der Waals surface area contributed by atoms with E-state index in [1.54, 1.807) is 33.9 Å². The third kappa shape index (κ3) is 3.77. The molecule has 0 amide bonds. The number of sulfonamides is 1. The van der Waals surface area contributed by atoms with Crippen molar-refractivity contribution in [2.24, 2.45) is 5.73 Å². The summed E-state index contributed by atoms with van der Waals surface area (Å²) in [5.41, 5.74) is 5.06. The first-order valence-corrected chi connectivity index (χ1v) is 7.92. The molecule has 7 heteroatoms. The van der Waals surface area contributed by atoms with E-state index in [2.05, 4.69) is 9.71 Å². The summed E-state index contributed by atoms with van der Waals surface area (Å²) in [5, 5.41) is 0.0483. The van der Waals surface area contributed by atoms with E-state index in [1.165, 1.54) is 0 Å². The Morgan fingerprint density at radius 2 is 2.11 bits per heavy atom. The van der Waals surface area contributed by atoms with Crippen LogP contribution >= 0.6 is 0 Å². The lowest BCUT2D eigenvalue weighted by molar-refractivity contribution is 0.387. The molecule has 0 fully saturated rings. The Morgan fingerprint density at radius 3 is 2.58 bits per heavy atom. The third-order valence-corrected chi connectivity index (χ3v) is 4.77. The van der Waals surface area contributed by atoms with E-state index in [0.29, 0.717) is 5.82 Å². The first-order chi connectivity index (χ1) is 8.60. The zero-order valence-corrected chi connectivity index (χ0v) is 13.1. The second kappa shape index (κ2) is 5.60. The first kappa shape index (κ1) is 16.1. The van der Waals surface area contributed by atoms with Crippen LogP contribution in [-0.4, -0.2) is 29.5 Å². The van der Waals surface area contributed by atoms with E-state index in [0.717, 1.165) is 13.0 Å². The summed E-state index contributed by atoms with van der Waals surface area (Å²) in [6.45, 7) is 9.86. The molecule has 1 aromatic heterocycles. The summed E-state index contributed by atoms with van der Waals surface area (Å²) >= 11 is 0. The molecule has 0 saturated heterocycles. The largest absolute Gasteiger partial charge is 0.334 e. The van der Waals surface area contributed by atoms with Crippen LogP contribution in [0.4, 0.5) is 0 Å². The van der Waals surface area contributed by atoms with Crippen LogP contribution in [0.1, 0.15) is 39.9 Å². The smallest absolute Gasteiger partial charge is 0.260 e. The summed E-state index contributed by atoms with van der Waals surface area (Å²) in [6, 6.07) is -0.305. The average molecular weight is 288 g/mol. The third-order valence-electron chi connectivity index (χ3n) is 3.23. The Hall–Kier alpha value is -0.920. The highest BCUT2D eigenvalue weighted by molar-refractivity contribution is 7.89. The van der Waals surface area contributed by atoms with E-state index in [1.807, 2.05) is 11.5 Å². The molecule has 0 radical (unpaired) electrons. The van der Waals surface area contributed by atoms with Crippen LogP contribution in [0.3, 0.4) is 0 Å². The van der Waals surface area contributed by atoms with Crippen molar-refractivity contribution in [2.75, 3.05) is 0 Å². The molecule has 0 spiro atoms.